The van der Waals surface area contributed by atoms with Crippen LogP contribution in [-0.4, -0.2) is 42.5 Å². The Morgan fingerprint density at radius 2 is 1.81 bits per heavy atom. The van der Waals surface area contributed by atoms with Crippen LogP contribution in [0.5, 0.6) is 5.75 Å². The van der Waals surface area contributed by atoms with Gasteiger partial charge in [-0.05, 0) is 36.1 Å². The van der Waals surface area contributed by atoms with Crippen LogP contribution in [0.4, 0.5) is 0 Å². The van der Waals surface area contributed by atoms with Gasteiger partial charge in [0.05, 0.1) is 13.7 Å². The molecule has 26 heavy (non-hydrogen) atoms. The lowest BCUT2D eigenvalue weighted by Gasteiger charge is -2.13. The van der Waals surface area contributed by atoms with E-state index in [2.05, 4.69) is 13.8 Å². The van der Waals surface area contributed by atoms with Crippen molar-refractivity contribution in [3.05, 3.63) is 35.9 Å². The van der Waals surface area contributed by atoms with Crippen molar-refractivity contribution in [2.24, 2.45) is 5.92 Å². The van der Waals surface area contributed by atoms with Crippen molar-refractivity contribution in [2.45, 2.75) is 39.5 Å². The molecule has 6 heteroatoms. The minimum Gasteiger partial charge on any atom is -0.497 e. The molecule has 0 bridgehead atoms. The molecular formula is C20H30O6. The normalized spacial score (nSPS) is 11.4. The Bertz CT molecular complexity index is 536. The van der Waals surface area contributed by atoms with Gasteiger partial charge >= 0.3 is 11.9 Å². The van der Waals surface area contributed by atoms with Crippen molar-refractivity contribution in [1.29, 1.82) is 0 Å². The van der Waals surface area contributed by atoms with Crippen molar-refractivity contribution in [2.75, 3.05) is 20.3 Å². The number of aliphatic carboxylic acids is 1. The predicted octanol–water partition coefficient (Wildman–Crippen LogP) is 3.53. The number of ether oxygens (including phenoxy) is 2. The molecule has 0 aromatic heterocycles. The molecule has 2 N–H and O–H groups in total. The number of unbranched alkanes of at least 4 members (excludes halogenated alkanes) is 1. The number of carboxylic acids is 1. The Morgan fingerprint density at radius 1 is 1.19 bits per heavy atom. The summed E-state index contributed by atoms with van der Waals surface area (Å²) >= 11 is 0. The van der Waals surface area contributed by atoms with Gasteiger partial charge in [-0.15, -0.1) is 0 Å². The molecule has 0 fully saturated rings. The maximum atomic E-state index is 11.7. The number of aliphatic hydroxyl groups excluding tert-OH is 1. The van der Waals surface area contributed by atoms with Crippen LogP contribution >= 0.6 is 0 Å². The van der Waals surface area contributed by atoms with Crippen molar-refractivity contribution in [3.8, 4) is 5.75 Å². The van der Waals surface area contributed by atoms with Gasteiger partial charge in [-0.25, -0.2) is 9.59 Å². The lowest BCUT2D eigenvalue weighted by Crippen LogP contribution is -2.12. The van der Waals surface area contributed by atoms with E-state index in [1.54, 1.807) is 13.2 Å². The number of rotatable bonds is 10. The number of esters is 1. The maximum Gasteiger partial charge on any atom is 0.330 e. The molecule has 1 unspecified atom stereocenters. The van der Waals surface area contributed by atoms with Crippen LogP contribution in [0.3, 0.4) is 0 Å². The second kappa shape index (κ2) is 15.0. The first-order valence-corrected chi connectivity index (χ1v) is 8.78. The first kappa shape index (κ1) is 23.7. The molecule has 0 aliphatic rings. The average molecular weight is 366 g/mol. The van der Waals surface area contributed by atoms with Crippen LogP contribution in [0.25, 0.3) is 6.08 Å². The number of aliphatic hydroxyl groups is 1. The molecule has 0 heterocycles. The largest absolute Gasteiger partial charge is 0.497 e. The van der Waals surface area contributed by atoms with Crippen LogP contribution in [0, 0.1) is 5.92 Å². The molecule has 0 amide bonds. The number of carbonyl (C=O) groups is 2. The fraction of sp³-hybridized carbons (Fsp3) is 0.500. The predicted molar refractivity (Wildman–Crippen MR) is 101 cm³/mol. The zero-order valence-electron chi connectivity index (χ0n) is 15.8. The van der Waals surface area contributed by atoms with Crippen LogP contribution < -0.4 is 4.74 Å². The molecule has 1 aromatic rings. The van der Waals surface area contributed by atoms with E-state index in [9.17, 15) is 4.79 Å². The number of hydrogen-bond acceptors (Lipinski definition) is 5. The van der Waals surface area contributed by atoms with Crippen LogP contribution in [0.1, 0.15) is 45.1 Å². The fourth-order valence-electron chi connectivity index (χ4n) is 2.03. The van der Waals surface area contributed by atoms with Crippen molar-refractivity contribution in [1.82, 2.24) is 0 Å². The summed E-state index contributed by atoms with van der Waals surface area (Å²) in [5, 5.41) is 15.0. The Hall–Kier alpha value is -2.34. The Kier molecular flexibility index (Phi) is 13.6. The van der Waals surface area contributed by atoms with E-state index in [0.29, 0.717) is 12.5 Å². The van der Waals surface area contributed by atoms with Gasteiger partial charge in [0.15, 0.2) is 0 Å². The first-order valence-electron chi connectivity index (χ1n) is 8.78. The minimum atomic E-state index is -1.19. The molecule has 0 aliphatic carbocycles. The van der Waals surface area contributed by atoms with E-state index >= 15 is 0 Å². The third kappa shape index (κ3) is 12.1. The Morgan fingerprint density at radius 3 is 2.27 bits per heavy atom. The molecular weight excluding hydrogens is 336 g/mol. The lowest BCUT2D eigenvalue weighted by molar-refractivity contribution is -0.140. The minimum absolute atomic E-state index is 0.277. The standard InChI is InChI=1S/C18H26O3.C2H4O3/c1-4-6-7-15(5-2)14-21-18(19)13-10-16-8-11-17(20-3)12-9-16;3-1-2(4)5/h8-13,15H,4-7,14H2,1-3H3;3H,1H2,(H,4,5)/b13-10+;. The highest BCUT2D eigenvalue weighted by Gasteiger charge is 2.08. The second-order valence-corrected chi connectivity index (χ2v) is 5.70. The third-order valence-electron chi connectivity index (χ3n) is 3.67. The summed E-state index contributed by atoms with van der Waals surface area (Å²) in [7, 11) is 1.63. The van der Waals surface area contributed by atoms with Gasteiger partial charge in [-0.1, -0.05) is 45.2 Å². The zero-order chi connectivity index (χ0) is 19.8. The molecule has 6 nitrogen and oxygen atoms in total. The first-order chi connectivity index (χ1) is 12.5. The van der Waals surface area contributed by atoms with E-state index in [1.807, 2.05) is 24.3 Å². The zero-order valence-corrected chi connectivity index (χ0v) is 15.8. The number of carboxylic acid groups (broad SMARTS) is 1. The molecule has 0 aliphatic heterocycles. The summed E-state index contributed by atoms with van der Waals surface area (Å²) < 4.78 is 10.4. The van der Waals surface area contributed by atoms with E-state index in [1.165, 1.54) is 18.9 Å². The number of hydrogen-bond donors (Lipinski definition) is 2. The van der Waals surface area contributed by atoms with Gasteiger partial charge in [0, 0.05) is 6.08 Å². The second-order valence-electron chi connectivity index (χ2n) is 5.70. The van der Waals surface area contributed by atoms with Crippen molar-refractivity contribution < 1.29 is 29.3 Å². The van der Waals surface area contributed by atoms with Gasteiger partial charge in [-0.2, -0.15) is 0 Å². The van der Waals surface area contributed by atoms with Gasteiger partial charge in [0.25, 0.3) is 0 Å². The van der Waals surface area contributed by atoms with Gasteiger partial charge in [0.2, 0.25) is 0 Å². The number of benzene rings is 1. The smallest absolute Gasteiger partial charge is 0.330 e. The number of carbonyl (C=O) groups excluding carboxylic acids is 1. The molecule has 0 spiro atoms. The Balaban J connectivity index is 0.00000110. The summed E-state index contributed by atoms with van der Waals surface area (Å²) in [5.41, 5.74) is 0.950. The molecule has 146 valence electrons. The van der Waals surface area contributed by atoms with Gasteiger partial charge in [-0.3, -0.25) is 0 Å². The van der Waals surface area contributed by atoms with E-state index in [0.717, 1.165) is 24.2 Å². The summed E-state index contributed by atoms with van der Waals surface area (Å²) in [5.74, 6) is -0.189. The van der Waals surface area contributed by atoms with E-state index in [4.69, 9.17) is 24.5 Å². The molecule has 0 radical (unpaired) electrons. The number of methoxy groups -OCH3 is 1. The maximum absolute atomic E-state index is 11.7. The highest BCUT2D eigenvalue weighted by molar-refractivity contribution is 5.87. The van der Waals surface area contributed by atoms with Crippen LogP contribution in [-0.2, 0) is 14.3 Å². The van der Waals surface area contributed by atoms with Gasteiger partial charge in [0.1, 0.15) is 12.4 Å². The molecule has 1 rings (SSSR count). The average Bonchev–Trinajstić information content (AvgIpc) is 2.67. The summed E-state index contributed by atoms with van der Waals surface area (Å²) in [6, 6.07) is 7.53. The lowest BCUT2D eigenvalue weighted by atomic mass is 10.0. The van der Waals surface area contributed by atoms with Gasteiger partial charge < -0.3 is 19.7 Å². The van der Waals surface area contributed by atoms with Crippen LogP contribution in [0.2, 0.25) is 0 Å². The highest BCUT2D eigenvalue weighted by Crippen LogP contribution is 2.14. The molecule has 0 saturated carbocycles. The highest BCUT2D eigenvalue weighted by atomic mass is 16.5. The van der Waals surface area contributed by atoms with E-state index < -0.39 is 12.6 Å². The Labute approximate surface area is 155 Å². The van der Waals surface area contributed by atoms with Crippen molar-refractivity contribution >= 4 is 18.0 Å². The van der Waals surface area contributed by atoms with E-state index in [-0.39, 0.29) is 5.97 Å². The fourth-order valence-corrected chi connectivity index (χ4v) is 2.03. The quantitative estimate of drug-likeness (QED) is 0.486. The third-order valence-corrected chi connectivity index (χ3v) is 3.67. The van der Waals surface area contributed by atoms with Crippen LogP contribution in [0.15, 0.2) is 30.3 Å². The monoisotopic (exact) mass is 366 g/mol. The summed E-state index contributed by atoms with van der Waals surface area (Å²) in [6.45, 7) is 4.06. The molecule has 1 atom stereocenters. The topological polar surface area (TPSA) is 93.1 Å². The summed E-state index contributed by atoms with van der Waals surface area (Å²) in [6.07, 6.45) is 7.79. The van der Waals surface area contributed by atoms with Crippen molar-refractivity contribution in [3.63, 3.8) is 0 Å². The molecule has 1 aromatic carbocycles. The molecule has 0 saturated heterocycles. The SMILES string of the molecule is CCCCC(CC)COC(=O)/C=C/c1ccc(OC)cc1.O=C(O)CO. The summed E-state index contributed by atoms with van der Waals surface area (Å²) in [4.78, 5) is 20.8.